The summed E-state index contributed by atoms with van der Waals surface area (Å²) in [4.78, 5) is 12.5. The Bertz CT molecular complexity index is 1330. The van der Waals surface area contributed by atoms with Crippen LogP contribution in [0.15, 0.2) is 71.4 Å². The van der Waals surface area contributed by atoms with Crippen molar-refractivity contribution in [2.45, 2.75) is 33.3 Å². The summed E-state index contributed by atoms with van der Waals surface area (Å²) in [6, 6.07) is 18.5. The molecule has 0 radical (unpaired) electrons. The first kappa shape index (κ1) is 23.6. The lowest BCUT2D eigenvalue weighted by atomic mass is 9.96. The molecule has 0 saturated carbocycles. The van der Waals surface area contributed by atoms with Gasteiger partial charge < -0.3 is 19.2 Å². The fraction of sp³-hybridized carbons (Fsp3) is 0.276. The smallest absolute Gasteiger partial charge is 0.244 e. The van der Waals surface area contributed by atoms with E-state index >= 15 is 0 Å². The zero-order valence-electron chi connectivity index (χ0n) is 20.2. The number of hydrogen-bond donors (Lipinski definition) is 1. The molecule has 176 valence electrons. The quantitative estimate of drug-likeness (QED) is 0.227. The molecule has 0 saturated heterocycles. The van der Waals surface area contributed by atoms with Crippen molar-refractivity contribution in [2.75, 3.05) is 20.3 Å². The van der Waals surface area contributed by atoms with Gasteiger partial charge in [0.25, 0.3) is 0 Å². The van der Waals surface area contributed by atoms with E-state index in [1.165, 1.54) is 5.39 Å². The van der Waals surface area contributed by atoms with Crippen LogP contribution in [0, 0.1) is 0 Å². The van der Waals surface area contributed by atoms with Crippen LogP contribution in [0.1, 0.15) is 32.8 Å². The summed E-state index contributed by atoms with van der Waals surface area (Å²) in [5.74, 6) is 0.531. The number of furan rings is 1. The Morgan fingerprint density at radius 3 is 2.65 bits per heavy atom. The second-order valence-corrected chi connectivity index (χ2v) is 8.62. The SMILES string of the molecule is COc1cc2occ(-c3cccc4ccccc34)c2cc1/C(C)=C/C(=O)NCCCOC(C)C. The standard InChI is InChI=1S/C29H31NO4/c1-19(2)33-14-8-13-30-29(31)15-20(3)24-16-25-26(18-34-28(25)17-27(24)32-4)23-12-7-10-21-9-5-6-11-22(21)23/h5-7,9-12,15-19H,8,13-14H2,1-4H3,(H,30,31)/b20-15+. The highest BCUT2D eigenvalue weighted by Gasteiger charge is 2.16. The average Bonchev–Trinajstić information content (AvgIpc) is 3.25. The van der Waals surface area contributed by atoms with Gasteiger partial charge >= 0.3 is 0 Å². The molecule has 1 N–H and O–H groups in total. The van der Waals surface area contributed by atoms with Crippen LogP contribution in [0.25, 0.3) is 38.4 Å². The van der Waals surface area contributed by atoms with Crippen LogP contribution in [-0.2, 0) is 9.53 Å². The predicted octanol–water partition coefficient (Wildman–Crippen LogP) is 6.60. The fourth-order valence-corrected chi connectivity index (χ4v) is 4.13. The van der Waals surface area contributed by atoms with Gasteiger partial charge in [-0.2, -0.15) is 0 Å². The van der Waals surface area contributed by atoms with E-state index in [4.69, 9.17) is 13.9 Å². The Morgan fingerprint density at radius 1 is 1.06 bits per heavy atom. The second-order valence-electron chi connectivity index (χ2n) is 8.62. The van der Waals surface area contributed by atoms with Gasteiger partial charge in [0, 0.05) is 41.8 Å². The number of ether oxygens (including phenoxy) is 2. The molecular formula is C29H31NO4. The van der Waals surface area contributed by atoms with Gasteiger partial charge in [-0.05, 0) is 55.2 Å². The Balaban J connectivity index is 1.64. The Morgan fingerprint density at radius 2 is 1.85 bits per heavy atom. The number of nitrogens with one attached hydrogen (secondary N) is 1. The number of rotatable bonds is 9. The molecule has 0 unspecified atom stereocenters. The molecule has 5 heteroatoms. The predicted molar refractivity (Wildman–Crippen MR) is 138 cm³/mol. The molecule has 0 atom stereocenters. The van der Waals surface area contributed by atoms with Crippen LogP contribution in [-0.4, -0.2) is 32.3 Å². The fourth-order valence-electron chi connectivity index (χ4n) is 4.13. The van der Waals surface area contributed by atoms with E-state index in [0.29, 0.717) is 18.9 Å². The zero-order valence-corrected chi connectivity index (χ0v) is 20.2. The zero-order chi connectivity index (χ0) is 24.1. The third-order valence-corrected chi connectivity index (χ3v) is 5.82. The van der Waals surface area contributed by atoms with Crippen LogP contribution >= 0.6 is 0 Å². The molecule has 1 aromatic heterocycles. The molecule has 3 aromatic carbocycles. The molecule has 4 rings (SSSR count). The van der Waals surface area contributed by atoms with Crippen molar-refractivity contribution in [2.24, 2.45) is 0 Å². The van der Waals surface area contributed by atoms with Crippen LogP contribution in [0.4, 0.5) is 0 Å². The third kappa shape index (κ3) is 5.15. The van der Waals surface area contributed by atoms with Crippen molar-refractivity contribution >= 4 is 33.2 Å². The highest BCUT2D eigenvalue weighted by atomic mass is 16.5. The highest BCUT2D eigenvalue weighted by molar-refractivity contribution is 6.06. The van der Waals surface area contributed by atoms with Crippen LogP contribution < -0.4 is 10.1 Å². The van der Waals surface area contributed by atoms with E-state index in [1.807, 2.05) is 45.0 Å². The van der Waals surface area contributed by atoms with Crippen LogP contribution in [0.2, 0.25) is 0 Å². The number of benzene rings is 3. The first-order valence-electron chi connectivity index (χ1n) is 11.6. The van der Waals surface area contributed by atoms with Crippen LogP contribution in [0.3, 0.4) is 0 Å². The lowest BCUT2D eigenvalue weighted by Gasteiger charge is -2.11. The molecule has 0 bridgehead atoms. The summed E-state index contributed by atoms with van der Waals surface area (Å²) in [7, 11) is 1.63. The Hall–Kier alpha value is -3.57. The van der Waals surface area contributed by atoms with E-state index < -0.39 is 0 Å². The van der Waals surface area contributed by atoms with Gasteiger partial charge in [0.2, 0.25) is 5.91 Å². The number of methoxy groups -OCH3 is 1. The maximum Gasteiger partial charge on any atom is 0.244 e. The summed E-state index contributed by atoms with van der Waals surface area (Å²) < 4.78 is 17.1. The molecule has 0 fully saturated rings. The lowest BCUT2D eigenvalue weighted by Crippen LogP contribution is -2.23. The maximum absolute atomic E-state index is 12.5. The van der Waals surface area contributed by atoms with Gasteiger partial charge in [0.05, 0.1) is 19.5 Å². The van der Waals surface area contributed by atoms with Crippen LogP contribution in [0.5, 0.6) is 5.75 Å². The molecule has 34 heavy (non-hydrogen) atoms. The molecule has 0 spiro atoms. The monoisotopic (exact) mass is 457 g/mol. The number of fused-ring (bicyclic) bond motifs is 2. The van der Waals surface area contributed by atoms with Gasteiger partial charge in [-0.15, -0.1) is 0 Å². The summed E-state index contributed by atoms with van der Waals surface area (Å²) in [5.41, 5.74) is 4.54. The minimum Gasteiger partial charge on any atom is -0.496 e. The van der Waals surface area contributed by atoms with Crippen molar-refractivity contribution in [3.05, 3.63) is 72.5 Å². The van der Waals surface area contributed by atoms with E-state index in [9.17, 15) is 4.79 Å². The summed E-state index contributed by atoms with van der Waals surface area (Å²) in [6.45, 7) is 7.12. The van der Waals surface area contributed by atoms with Gasteiger partial charge in [0.15, 0.2) is 0 Å². The first-order valence-corrected chi connectivity index (χ1v) is 11.6. The van der Waals surface area contributed by atoms with Crippen molar-refractivity contribution in [1.82, 2.24) is 5.32 Å². The molecule has 1 heterocycles. The average molecular weight is 458 g/mol. The number of hydrogen-bond acceptors (Lipinski definition) is 4. The summed E-state index contributed by atoms with van der Waals surface area (Å²) >= 11 is 0. The largest absolute Gasteiger partial charge is 0.496 e. The molecule has 4 aromatic rings. The third-order valence-electron chi connectivity index (χ3n) is 5.82. The normalized spacial score (nSPS) is 12.0. The molecule has 1 amide bonds. The second kappa shape index (κ2) is 10.6. The van der Waals surface area contributed by atoms with Gasteiger partial charge in [-0.1, -0.05) is 42.5 Å². The molecule has 0 aliphatic carbocycles. The van der Waals surface area contributed by atoms with E-state index in [0.717, 1.165) is 45.0 Å². The van der Waals surface area contributed by atoms with Gasteiger partial charge in [0.1, 0.15) is 11.3 Å². The lowest BCUT2D eigenvalue weighted by molar-refractivity contribution is -0.116. The summed E-state index contributed by atoms with van der Waals surface area (Å²) in [5, 5.41) is 6.25. The Kier molecular flexibility index (Phi) is 7.33. The molecule has 0 aliphatic heterocycles. The summed E-state index contributed by atoms with van der Waals surface area (Å²) in [6.07, 6.45) is 4.38. The van der Waals surface area contributed by atoms with Crippen molar-refractivity contribution in [3.8, 4) is 16.9 Å². The van der Waals surface area contributed by atoms with E-state index in [1.54, 1.807) is 19.4 Å². The molecule has 0 aliphatic rings. The van der Waals surface area contributed by atoms with Gasteiger partial charge in [-0.25, -0.2) is 0 Å². The number of amides is 1. The maximum atomic E-state index is 12.5. The van der Waals surface area contributed by atoms with Crippen molar-refractivity contribution in [1.29, 1.82) is 0 Å². The molecular weight excluding hydrogens is 426 g/mol. The van der Waals surface area contributed by atoms with E-state index in [-0.39, 0.29) is 12.0 Å². The van der Waals surface area contributed by atoms with Gasteiger partial charge in [-0.3, -0.25) is 4.79 Å². The van der Waals surface area contributed by atoms with Crippen molar-refractivity contribution < 1.29 is 18.7 Å². The minimum atomic E-state index is -0.134. The Labute approximate surface area is 200 Å². The first-order chi connectivity index (χ1) is 16.5. The number of carbonyl (C=O) groups excluding carboxylic acids is 1. The van der Waals surface area contributed by atoms with Crippen molar-refractivity contribution in [3.63, 3.8) is 0 Å². The molecule has 5 nitrogen and oxygen atoms in total. The topological polar surface area (TPSA) is 60.7 Å². The number of carbonyl (C=O) groups is 1. The number of allylic oxidation sites excluding steroid dienone is 1. The minimum absolute atomic E-state index is 0.134. The highest BCUT2D eigenvalue weighted by Crippen LogP contribution is 2.39. The van der Waals surface area contributed by atoms with E-state index in [2.05, 4.69) is 35.6 Å².